The van der Waals surface area contributed by atoms with Crippen LogP contribution >= 0.6 is 0 Å². The molecule has 3 heteroatoms. The molecule has 68 valence electrons. The number of aliphatic imine (C=N–C) groups is 1. The molecule has 2 aliphatic heterocycles. The summed E-state index contributed by atoms with van der Waals surface area (Å²) in [5.74, 6) is 0. The van der Waals surface area contributed by atoms with Gasteiger partial charge in [0.2, 0.25) is 0 Å². The van der Waals surface area contributed by atoms with Crippen molar-refractivity contribution < 1.29 is 0 Å². The van der Waals surface area contributed by atoms with Gasteiger partial charge in [-0.1, -0.05) is 12.2 Å². The Bertz CT molecular complexity index is 391. The van der Waals surface area contributed by atoms with E-state index in [9.17, 15) is 0 Å². The molecule has 0 amide bonds. The molecular formula is C11H9N3. The second-order valence-electron chi connectivity index (χ2n) is 3.00. The highest BCUT2D eigenvalue weighted by Gasteiger charge is 2.10. The van der Waals surface area contributed by atoms with Crippen LogP contribution < -0.4 is 5.32 Å². The van der Waals surface area contributed by atoms with Crippen LogP contribution in [0.2, 0.25) is 0 Å². The van der Waals surface area contributed by atoms with Gasteiger partial charge < -0.3 is 5.32 Å². The second kappa shape index (κ2) is 3.93. The van der Waals surface area contributed by atoms with Crippen molar-refractivity contribution in [2.45, 2.75) is 6.42 Å². The van der Waals surface area contributed by atoms with Gasteiger partial charge in [-0.05, 0) is 17.2 Å². The molecule has 2 radical (unpaired) electrons. The van der Waals surface area contributed by atoms with Crippen LogP contribution in [-0.4, -0.2) is 12.8 Å². The van der Waals surface area contributed by atoms with Gasteiger partial charge in [-0.2, -0.15) is 5.26 Å². The van der Waals surface area contributed by atoms with Crippen LogP contribution in [0.15, 0.2) is 40.1 Å². The zero-order valence-corrected chi connectivity index (χ0v) is 7.62. The van der Waals surface area contributed by atoms with E-state index in [-0.39, 0.29) is 0 Å². The Hall–Kier alpha value is -1.82. The molecule has 2 heterocycles. The SMILES string of the molecule is N#CC1=CC=C(C2=CCN=CC2)[C]N1. The Morgan fingerprint density at radius 2 is 2.43 bits per heavy atom. The van der Waals surface area contributed by atoms with Crippen molar-refractivity contribution in [2.24, 2.45) is 4.99 Å². The summed E-state index contributed by atoms with van der Waals surface area (Å²) >= 11 is 0. The monoisotopic (exact) mass is 183 g/mol. The third kappa shape index (κ3) is 1.74. The van der Waals surface area contributed by atoms with E-state index in [1.165, 1.54) is 5.57 Å². The largest absolute Gasteiger partial charge is 0.362 e. The number of nitriles is 1. The molecule has 0 aromatic heterocycles. The molecule has 0 aromatic rings. The fourth-order valence-electron chi connectivity index (χ4n) is 1.34. The lowest BCUT2D eigenvalue weighted by Gasteiger charge is -2.15. The van der Waals surface area contributed by atoms with Crippen molar-refractivity contribution in [1.82, 2.24) is 5.32 Å². The summed E-state index contributed by atoms with van der Waals surface area (Å²) in [6, 6.07) is 2.02. The quantitative estimate of drug-likeness (QED) is 0.667. The van der Waals surface area contributed by atoms with Crippen molar-refractivity contribution in [3.05, 3.63) is 41.6 Å². The third-order valence-electron chi connectivity index (χ3n) is 2.10. The molecule has 0 spiro atoms. The molecule has 2 rings (SSSR count). The van der Waals surface area contributed by atoms with E-state index in [1.54, 1.807) is 6.08 Å². The minimum Gasteiger partial charge on any atom is -0.362 e. The maximum Gasteiger partial charge on any atom is 0.124 e. The number of allylic oxidation sites excluding steroid dienone is 3. The summed E-state index contributed by atoms with van der Waals surface area (Å²) in [6.07, 6.45) is 8.49. The van der Waals surface area contributed by atoms with E-state index >= 15 is 0 Å². The second-order valence-corrected chi connectivity index (χ2v) is 3.00. The first-order valence-electron chi connectivity index (χ1n) is 4.42. The summed E-state index contributed by atoms with van der Waals surface area (Å²) in [5.41, 5.74) is 2.75. The zero-order chi connectivity index (χ0) is 9.80. The predicted molar refractivity (Wildman–Crippen MR) is 54.2 cm³/mol. The smallest absolute Gasteiger partial charge is 0.124 e. The van der Waals surface area contributed by atoms with E-state index in [0.717, 1.165) is 18.5 Å². The first-order valence-corrected chi connectivity index (χ1v) is 4.42. The van der Waals surface area contributed by atoms with E-state index in [4.69, 9.17) is 5.26 Å². The first-order chi connectivity index (χ1) is 6.90. The Morgan fingerprint density at radius 3 is 3.00 bits per heavy atom. The van der Waals surface area contributed by atoms with Crippen molar-refractivity contribution in [1.29, 1.82) is 5.26 Å². The highest BCUT2D eigenvalue weighted by molar-refractivity contribution is 5.66. The van der Waals surface area contributed by atoms with Gasteiger partial charge in [-0.3, -0.25) is 4.99 Å². The maximum atomic E-state index is 8.60. The summed E-state index contributed by atoms with van der Waals surface area (Å²) in [7, 11) is 0. The van der Waals surface area contributed by atoms with Crippen LogP contribution in [0.3, 0.4) is 0 Å². The number of hydrogen-bond donors (Lipinski definition) is 1. The summed E-state index contributed by atoms with van der Waals surface area (Å²) in [4.78, 5) is 4.11. The van der Waals surface area contributed by atoms with Gasteiger partial charge in [0.05, 0.1) is 6.54 Å². The van der Waals surface area contributed by atoms with E-state index in [0.29, 0.717) is 5.70 Å². The molecule has 1 N–H and O–H groups in total. The van der Waals surface area contributed by atoms with E-state index in [1.807, 2.05) is 18.4 Å². The number of dihydropyridines is 2. The van der Waals surface area contributed by atoms with Crippen molar-refractivity contribution in [3.63, 3.8) is 0 Å². The lowest BCUT2D eigenvalue weighted by molar-refractivity contribution is 0.981. The normalized spacial score (nSPS) is 20.1. The standard InChI is InChI=1S/C11H9N3/c12-7-11-2-1-10(8-14-11)9-3-5-13-6-4-9/h1-3,6,14H,4-5H2. The Kier molecular flexibility index (Phi) is 2.46. The number of rotatable bonds is 1. The first kappa shape index (κ1) is 8.76. The van der Waals surface area contributed by atoms with E-state index in [2.05, 4.69) is 22.9 Å². The van der Waals surface area contributed by atoms with Crippen molar-refractivity contribution in [2.75, 3.05) is 6.54 Å². The molecule has 0 bridgehead atoms. The van der Waals surface area contributed by atoms with Crippen LogP contribution in [0.1, 0.15) is 6.42 Å². The van der Waals surface area contributed by atoms with Gasteiger partial charge in [0.25, 0.3) is 0 Å². The lowest BCUT2D eigenvalue weighted by Crippen LogP contribution is -2.15. The molecule has 0 atom stereocenters. The van der Waals surface area contributed by atoms with Crippen LogP contribution in [0, 0.1) is 17.9 Å². The molecule has 0 saturated heterocycles. The van der Waals surface area contributed by atoms with E-state index < -0.39 is 0 Å². The molecule has 3 nitrogen and oxygen atoms in total. The van der Waals surface area contributed by atoms with Gasteiger partial charge in [-0.15, -0.1) is 0 Å². The molecule has 2 aliphatic rings. The van der Waals surface area contributed by atoms with Gasteiger partial charge in [0, 0.05) is 12.6 Å². The molecular weight excluding hydrogens is 174 g/mol. The van der Waals surface area contributed by atoms with Crippen LogP contribution in [-0.2, 0) is 0 Å². The number of nitrogens with zero attached hydrogens (tertiary/aromatic N) is 2. The molecule has 14 heavy (non-hydrogen) atoms. The zero-order valence-electron chi connectivity index (χ0n) is 7.62. The van der Waals surface area contributed by atoms with Crippen molar-refractivity contribution >= 4 is 6.21 Å². The summed E-state index contributed by atoms with van der Waals surface area (Å²) < 4.78 is 0. The Morgan fingerprint density at radius 1 is 1.50 bits per heavy atom. The van der Waals surface area contributed by atoms with Gasteiger partial charge in [0.15, 0.2) is 0 Å². The minimum absolute atomic E-state index is 0.527. The third-order valence-corrected chi connectivity index (χ3v) is 2.10. The van der Waals surface area contributed by atoms with Gasteiger partial charge >= 0.3 is 0 Å². The average Bonchev–Trinajstić information content (AvgIpc) is 2.30. The predicted octanol–water partition coefficient (Wildman–Crippen LogP) is 1.36. The molecule has 0 saturated carbocycles. The fraction of sp³-hybridized carbons (Fsp3) is 0.182. The maximum absolute atomic E-state index is 8.60. The average molecular weight is 183 g/mol. The van der Waals surface area contributed by atoms with Gasteiger partial charge in [0.1, 0.15) is 18.3 Å². The van der Waals surface area contributed by atoms with Crippen LogP contribution in [0.25, 0.3) is 0 Å². The Labute approximate surface area is 83.1 Å². The van der Waals surface area contributed by atoms with Crippen LogP contribution in [0.5, 0.6) is 0 Å². The Balaban J connectivity index is 2.14. The topological polar surface area (TPSA) is 48.2 Å². The summed E-state index contributed by atoms with van der Waals surface area (Å²) in [5, 5.41) is 11.4. The highest BCUT2D eigenvalue weighted by Crippen LogP contribution is 2.20. The van der Waals surface area contributed by atoms with Crippen molar-refractivity contribution in [3.8, 4) is 6.07 Å². The van der Waals surface area contributed by atoms with Gasteiger partial charge in [-0.25, -0.2) is 0 Å². The molecule has 0 unspecified atom stereocenters. The minimum atomic E-state index is 0.527. The fourth-order valence-corrected chi connectivity index (χ4v) is 1.34. The lowest BCUT2D eigenvalue weighted by atomic mass is 9.99. The summed E-state index contributed by atoms with van der Waals surface area (Å²) in [6.45, 7) is 3.72. The number of hydrogen-bond acceptors (Lipinski definition) is 3. The van der Waals surface area contributed by atoms with Crippen LogP contribution in [0.4, 0.5) is 0 Å². The molecule has 0 aromatic carbocycles. The highest BCUT2D eigenvalue weighted by atomic mass is 14.9. The molecule has 0 aliphatic carbocycles. The molecule has 0 fully saturated rings. The number of nitrogens with one attached hydrogen (secondary N) is 1.